The Hall–Kier alpha value is -1.55. The molecule has 0 aliphatic carbocycles. The lowest BCUT2D eigenvalue weighted by Crippen LogP contribution is -2.36. The van der Waals surface area contributed by atoms with Crippen LogP contribution in [0.25, 0.3) is 0 Å². The van der Waals surface area contributed by atoms with E-state index >= 15 is 0 Å². The van der Waals surface area contributed by atoms with Crippen molar-refractivity contribution in [2.75, 3.05) is 6.61 Å². The van der Waals surface area contributed by atoms with Crippen molar-refractivity contribution < 1.29 is 14.6 Å². The average Bonchev–Trinajstić information content (AvgIpc) is 2.36. The zero-order chi connectivity index (χ0) is 13.5. The Bertz CT molecular complexity index is 373. The predicted molar refractivity (Wildman–Crippen MR) is 70.1 cm³/mol. The summed E-state index contributed by atoms with van der Waals surface area (Å²) in [7, 11) is 0. The second kappa shape index (κ2) is 7.01. The summed E-state index contributed by atoms with van der Waals surface area (Å²) in [4.78, 5) is 13.5. The molecule has 4 heteroatoms. The fourth-order valence-electron chi connectivity index (χ4n) is 1.61. The van der Waals surface area contributed by atoms with Gasteiger partial charge >= 0.3 is 6.09 Å². The number of amides is 1. The number of benzene rings is 1. The smallest absolute Gasteiger partial charge is 0.410 e. The molecule has 0 saturated heterocycles. The van der Waals surface area contributed by atoms with Gasteiger partial charge in [-0.15, -0.1) is 0 Å². The lowest BCUT2D eigenvalue weighted by molar-refractivity contribution is 0.0929. The van der Waals surface area contributed by atoms with Crippen molar-refractivity contribution in [2.24, 2.45) is 0 Å². The second-order valence-electron chi connectivity index (χ2n) is 4.40. The van der Waals surface area contributed by atoms with Crippen LogP contribution in [-0.4, -0.2) is 28.7 Å². The fraction of sp³-hybridized carbons (Fsp3) is 0.500. The van der Waals surface area contributed by atoms with Gasteiger partial charge in [0.15, 0.2) is 0 Å². The monoisotopic (exact) mass is 251 g/mol. The fourth-order valence-corrected chi connectivity index (χ4v) is 1.61. The summed E-state index contributed by atoms with van der Waals surface area (Å²) >= 11 is 0. The minimum atomic E-state index is -0.293. The van der Waals surface area contributed by atoms with E-state index in [1.54, 1.807) is 11.8 Å². The van der Waals surface area contributed by atoms with Crippen LogP contribution in [0.15, 0.2) is 24.3 Å². The lowest BCUT2D eigenvalue weighted by atomic mass is 10.1. The van der Waals surface area contributed by atoms with Gasteiger partial charge in [-0.2, -0.15) is 0 Å². The summed E-state index contributed by atoms with van der Waals surface area (Å²) < 4.78 is 5.03. The number of ether oxygens (including phenoxy) is 1. The van der Waals surface area contributed by atoms with Gasteiger partial charge in [-0.3, -0.25) is 0 Å². The Morgan fingerprint density at radius 1 is 1.28 bits per heavy atom. The molecule has 4 nitrogen and oxygen atoms in total. The summed E-state index contributed by atoms with van der Waals surface area (Å²) in [6.45, 7) is 6.64. The third kappa shape index (κ3) is 4.04. The number of nitrogens with zero attached hydrogens (tertiary/aromatic N) is 1. The van der Waals surface area contributed by atoms with Crippen LogP contribution in [0.5, 0.6) is 0 Å². The van der Waals surface area contributed by atoms with Gasteiger partial charge in [0.05, 0.1) is 13.2 Å². The van der Waals surface area contributed by atoms with E-state index < -0.39 is 0 Å². The van der Waals surface area contributed by atoms with Crippen LogP contribution in [0.1, 0.15) is 31.9 Å². The van der Waals surface area contributed by atoms with E-state index in [0.29, 0.717) is 13.2 Å². The molecule has 0 saturated carbocycles. The first-order valence-corrected chi connectivity index (χ1v) is 6.20. The quantitative estimate of drug-likeness (QED) is 0.875. The van der Waals surface area contributed by atoms with Gasteiger partial charge in [-0.05, 0) is 31.9 Å². The molecule has 0 atom stereocenters. The molecule has 1 aromatic rings. The first-order valence-electron chi connectivity index (χ1n) is 6.20. The van der Waals surface area contributed by atoms with Crippen molar-refractivity contribution in [3.8, 4) is 0 Å². The molecular weight excluding hydrogens is 230 g/mol. The molecule has 1 amide bonds. The van der Waals surface area contributed by atoms with Crippen LogP contribution in [0, 0.1) is 0 Å². The molecule has 0 heterocycles. The molecule has 0 unspecified atom stereocenters. The number of rotatable bonds is 5. The Morgan fingerprint density at radius 2 is 1.83 bits per heavy atom. The van der Waals surface area contributed by atoms with Gasteiger partial charge in [-0.25, -0.2) is 4.79 Å². The molecule has 18 heavy (non-hydrogen) atoms. The van der Waals surface area contributed by atoms with Gasteiger partial charge < -0.3 is 14.7 Å². The Labute approximate surface area is 108 Å². The molecule has 1 N–H and O–H groups in total. The van der Waals surface area contributed by atoms with Crippen LogP contribution in [-0.2, 0) is 17.9 Å². The van der Waals surface area contributed by atoms with Crippen LogP contribution >= 0.6 is 0 Å². The third-order valence-electron chi connectivity index (χ3n) is 2.68. The van der Waals surface area contributed by atoms with Crippen molar-refractivity contribution in [1.82, 2.24) is 4.90 Å². The molecule has 1 rings (SSSR count). The number of carbonyl (C=O) groups excluding carboxylic acids is 1. The van der Waals surface area contributed by atoms with E-state index in [2.05, 4.69) is 0 Å². The van der Waals surface area contributed by atoms with E-state index in [1.807, 2.05) is 38.1 Å². The van der Waals surface area contributed by atoms with Crippen LogP contribution in [0.3, 0.4) is 0 Å². The third-order valence-corrected chi connectivity index (χ3v) is 2.68. The van der Waals surface area contributed by atoms with Crippen molar-refractivity contribution in [3.63, 3.8) is 0 Å². The highest BCUT2D eigenvalue weighted by Crippen LogP contribution is 2.11. The number of hydrogen-bond acceptors (Lipinski definition) is 3. The summed E-state index contributed by atoms with van der Waals surface area (Å²) in [5.41, 5.74) is 1.89. The average molecular weight is 251 g/mol. The molecule has 100 valence electrons. The number of aliphatic hydroxyl groups excluding tert-OH is 1. The Morgan fingerprint density at radius 3 is 2.28 bits per heavy atom. The highest BCUT2D eigenvalue weighted by atomic mass is 16.6. The summed E-state index contributed by atoms with van der Waals surface area (Å²) in [6.07, 6.45) is -0.293. The van der Waals surface area contributed by atoms with Gasteiger partial charge in [0.1, 0.15) is 0 Å². The van der Waals surface area contributed by atoms with Gasteiger partial charge in [0.25, 0.3) is 0 Å². The minimum absolute atomic E-state index is 0.0338. The molecule has 0 bridgehead atoms. The van der Waals surface area contributed by atoms with Gasteiger partial charge in [0, 0.05) is 12.6 Å². The molecule has 0 spiro atoms. The van der Waals surface area contributed by atoms with E-state index in [4.69, 9.17) is 9.84 Å². The Balaban J connectivity index is 2.73. The lowest BCUT2D eigenvalue weighted by Gasteiger charge is -2.25. The first-order chi connectivity index (χ1) is 8.58. The summed E-state index contributed by atoms with van der Waals surface area (Å²) in [5, 5.41) is 8.97. The molecule has 0 aliphatic heterocycles. The normalized spacial score (nSPS) is 10.5. The summed E-state index contributed by atoms with van der Waals surface area (Å²) in [5.74, 6) is 0. The van der Waals surface area contributed by atoms with Crippen molar-refractivity contribution >= 4 is 6.09 Å². The SMILES string of the molecule is CCOC(=O)N(Cc1ccc(CO)cc1)C(C)C. The molecule has 0 aliphatic rings. The van der Waals surface area contributed by atoms with Crippen LogP contribution < -0.4 is 0 Å². The largest absolute Gasteiger partial charge is 0.450 e. The highest BCUT2D eigenvalue weighted by molar-refractivity contribution is 5.68. The summed E-state index contributed by atoms with van der Waals surface area (Å²) in [6, 6.07) is 7.64. The second-order valence-corrected chi connectivity index (χ2v) is 4.40. The molecule has 0 radical (unpaired) electrons. The van der Waals surface area contributed by atoms with E-state index in [9.17, 15) is 4.79 Å². The van der Waals surface area contributed by atoms with E-state index in [1.165, 1.54) is 0 Å². The molecular formula is C14H21NO3. The van der Waals surface area contributed by atoms with Crippen molar-refractivity contribution in [1.29, 1.82) is 0 Å². The topological polar surface area (TPSA) is 49.8 Å². The zero-order valence-corrected chi connectivity index (χ0v) is 11.2. The minimum Gasteiger partial charge on any atom is -0.450 e. The molecule has 1 aromatic carbocycles. The molecule has 0 aromatic heterocycles. The zero-order valence-electron chi connectivity index (χ0n) is 11.2. The maximum atomic E-state index is 11.8. The first kappa shape index (κ1) is 14.5. The molecule has 0 fully saturated rings. The van der Waals surface area contributed by atoms with E-state index in [0.717, 1.165) is 11.1 Å². The number of hydrogen-bond donors (Lipinski definition) is 1. The van der Waals surface area contributed by atoms with E-state index in [-0.39, 0.29) is 18.7 Å². The van der Waals surface area contributed by atoms with Crippen LogP contribution in [0.2, 0.25) is 0 Å². The van der Waals surface area contributed by atoms with Crippen LogP contribution in [0.4, 0.5) is 4.79 Å². The van der Waals surface area contributed by atoms with Gasteiger partial charge in [0.2, 0.25) is 0 Å². The Kier molecular flexibility index (Phi) is 5.65. The number of carbonyl (C=O) groups is 1. The maximum absolute atomic E-state index is 11.8. The maximum Gasteiger partial charge on any atom is 0.410 e. The highest BCUT2D eigenvalue weighted by Gasteiger charge is 2.18. The number of aliphatic hydroxyl groups is 1. The standard InChI is InChI=1S/C14H21NO3/c1-4-18-14(17)15(11(2)3)9-12-5-7-13(10-16)8-6-12/h5-8,11,16H,4,9-10H2,1-3H3. The van der Waals surface area contributed by atoms with Crippen molar-refractivity contribution in [3.05, 3.63) is 35.4 Å². The van der Waals surface area contributed by atoms with Gasteiger partial charge in [-0.1, -0.05) is 24.3 Å². The van der Waals surface area contributed by atoms with Crippen molar-refractivity contribution in [2.45, 2.75) is 40.0 Å². The predicted octanol–water partition coefficient (Wildman–Crippen LogP) is 2.55.